The minimum Gasteiger partial charge on any atom is -0.391 e. The Labute approximate surface area is 415 Å². The Bertz CT molecular complexity index is 2310. The van der Waals surface area contributed by atoms with Gasteiger partial charge in [0.1, 0.15) is 17.9 Å². The van der Waals surface area contributed by atoms with Gasteiger partial charge in [-0.3, -0.25) is 24.0 Å². The molecule has 1 aliphatic rings. The van der Waals surface area contributed by atoms with Crippen molar-refractivity contribution in [3.63, 3.8) is 0 Å². The lowest BCUT2D eigenvalue weighted by atomic mass is 9.85. The molecule has 0 aliphatic carbocycles. The molecule has 13 nitrogen and oxygen atoms in total. The van der Waals surface area contributed by atoms with Crippen LogP contribution in [-0.2, 0) is 19.2 Å². The summed E-state index contributed by atoms with van der Waals surface area (Å²) in [7, 11) is 0. The maximum Gasteiger partial charge on any atom is 0.277 e. The Morgan fingerprint density at radius 3 is 2.24 bits per heavy atom. The monoisotopic (exact) mass is 1080 g/mol. The van der Waals surface area contributed by atoms with E-state index in [0.29, 0.717) is 23.0 Å². The highest BCUT2D eigenvalue weighted by molar-refractivity contribution is 14.1. The molecule has 0 saturated carbocycles. The second-order valence-corrected chi connectivity index (χ2v) is 20.5. The molecular formula is C50H65F3IN7O6S. The summed E-state index contributed by atoms with van der Waals surface area (Å²) in [5.74, 6) is -4.93. The molecule has 0 unspecified atom stereocenters. The zero-order valence-electron chi connectivity index (χ0n) is 39.5. The largest absolute Gasteiger partial charge is 0.391 e. The first kappa shape index (κ1) is 54.3. The second kappa shape index (κ2) is 26.4. The topological polar surface area (TPSA) is 174 Å². The molecule has 1 aromatic heterocycles. The molecule has 1 aliphatic heterocycles. The molecule has 68 heavy (non-hydrogen) atoms. The van der Waals surface area contributed by atoms with Gasteiger partial charge in [0.2, 0.25) is 17.7 Å². The molecule has 0 spiro atoms. The van der Waals surface area contributed by atoms with E-state index < -0.39 is 52.6 Å². The molecule has 3 aromatic carbocycles. The third-order valence-corrected chi connectivity index (χ3v) is 13.5. The fourth-order valence-electron chi connectivity index (χ4n) is 8.00. The van der Waals surface area contributed by atoms with Crippen molar-refractivity contribution >= 4 is 68.9 Å². The van der Waals surface area contributed by atoms with E-state index in [1.165, 1.54) is 17.0 Å². The van der Waals surface area contributed by atoms with Gasteiger partial charge in [-0.05, 0) is 116 Å². The van der Waals surface area contributed by atoms with Crippen LogP contribution in [0.4, 0.5) is 24.5 Å². The molecule has 4 amide bonds. The molecule has 0 radical (unpaired) electrons. The Morgan fingerprint density at radius 2 is 1.57 bits per heavy atom. The molecule has 1 saturated heterocycles. The van der Waals surface area contributed by atoms with Gasteiger partial charge in [0, 0.05) is 23.0 Å². The summed E-state index contributed by atoms with van der Waals surface area (Å²) >= 11 is 3.50. The number of aliphatic hydroxyl groups excluding tert-OH is 1. The zero-order chi connectivity index (χ0) is 49.4. The van der Waals surface area contributed by atoms with Crippen LogP contribution in [0.25, 0.3) is 10.4 Å². The molecule has 370 valence electrons. The van der Waals surface area contributed by atoms with E-state index in [1.807, 2.05) is 87.0 Å². The number of aromatic nitrogens is 1. The van der Waals surface area contributed by atoms with E-state index in [1.54, 1.807) is 17.4 Å². The highest BCUT2D eigenvalue weighted by Crippen LogP contribution is 2.31. The summed E-state index contributed by atoms with van der Waals surface area (Å²) in [5.41, 5.74) is 5.50. The quantitative estimate of drug-likeness (QED) is 0.0215. The molecule has 6 N–H and O–H groups in total. The predicted octanol–water partition coefficient (Wildman–Crippen LogP) is 9.41. The van der Waals surface area contributed by atoms with E-state index in [0.717, 1.165) is 85.3 Å². The van der Waals surface area contributed by atoms with E-state index in [2.05, 4.69) is 31.7 Å². The minimum atomic E-state index is -1.31. The number of benzene rings is 3. The number of carbonyl (C=O) groups is 4. The van der Waals surface area contributed by atoms with Crippen molar-refractivity contribution in [3.05, 3.63) is 98.0 Å². The molecule has 0 bridgehead atoms. The molecule has 5 rings (SSSR count). The van der Waals surface area contributed by atoms with Gasteiger partial charge < -0.3 is 31.3 Å². The maximum absolute atomic E-state index is 14.7. The number of nitrogens with one attached hydrogen (secondary N) is 5. The fourth-order valence-corrected chi connectivity index (χ4v) is 9.26. The number of hydrogen-bond acceptors (Lipinski definition) is 10. The number of amides is 4. The molecule has 4 aromatic rings. The van der Waals surface area contributed by atoms with Crippen molar-refractivity contribution in [2.75, 3.05) is 31.6 Å². The van der Waals surface area contributed by atoms with Gasteiger partial charge in [-0.15, -0.1) is 11.3 Å². The van der Waals surface area contributed by atoms with Crippen LogP contribution in [-0.4, -0.2) is 83.0 Å². The summed E-state index contributed by atoms with van der Waals surface area (Å²) < 4.78 is 43.7. The molecule has 2 heterocycles. The number of rotatable bonds is 25. The summed E-state index contributed by atoms with van der Waals surface area (Å²) in [6.07, 6.45) is 8.04. The molecule has 18 heteroatoms. The lowest BCUT2D eigenvalue weighted by molar-refractivity contribution is -0.144. The third-order valence-electron chi connectivity index (χ3n) is 11.9. The number of aryl methyl sites for hydroxylation is 1. The number of halogens is 4. The Hall–Kier alpha value is -4.63. The number of aliphatic hydroxyl groups is 1. The van der Waals surface area contributed by atoms with Crippen LogP contribution in [0.2, 0.25) is 0 Å². The number of thiazole rings is 1. The van der Waals surface area contributed by atoms with Crippen LogP contribution in [0.1, 0.15) is 126 Å². The molecular weight excluding hydrogens is 1010 g/mol. The van der Waals surface area contributed by atoms with Crippen molar-refractivity contribution in [3.8, 4) is 10.4 Å². The minimum absolute atomic E-state index is 0.0141. The standard InChI is InChI=1S/C50H65F3IN7O6S/c1-31(33-16-18-34(19-17-33)45-32(2)56-30-68-45)57-48(65)41-28-36(62)29-61(41)49(66)46(50(3,4)5)59-42(63)15-12-10-8-6-7-9-11-13-24-55-25-14-26-67-60-47(64)37-21-22-38(51)43(53)44(37)58-40-23-20-35(54)27-39(40)52/h16-23,27,30-31,36,41,46,55,58,62H,6-15,24-26,28-29H2,1-5H3,(H,57,65)(H,59,63)(H,60,64)/t31-,36+,41-,46+/m0/s1. The van der Waals surface area contributed by atoms with E-state index in [-0.39, 0.29) is 61.0 Å². The smallest absolute Gasteiger partial charge is 0.277 e. The summed E-state index contributed by atoms with van der Waals surface area (Å²) in [6, 6.07) is 12.0. The number of hydroxylamine groups is 1. The first-order valence-corrected chi connectivity index (χ1v) is 25.3. The Balaban J connectivity index is 0.911. The fraction of sp³-hybridized carbons (Fsp3) is 0.500. The van der Waals surface area contributed by atoms with Crippen LogP contribution in [0.15, 0.2) is 60.1 Å². The predicted molar refractivity (Wildman–Crippen MR) is 268 cm³/mol. The number of carbonyl (C=O) groups excluding carboxylic acids is 4. The van der Waals surface area contributed by atoms with Gasteiger partial charge >= 0.3 is 0 Å². The summed E-state index contributed by atoms with van der Waals surface area (Å²) in [6.45, 7) is 11.2. The van der Waals surface area contributed by atoms with Crippen molar-refractivity contribution in [2.24, 2.45) is 5.41 Å². The average molecular weight is 1080 g/mol. The van der Waals surface area contributed by atoms with E-state index in [4.69, 9.17) is 4.84 Å². The number of unbranched alkanes of at least 4 members (excludes halogenated alkanes) is 7. The van der Waals surface area contributed by atoms with Crippen LogP contribution >= 0.6 is 33.9 Å². The molecule has 4 atom stereocenters. The van der Waals surface area contributed by atoms with Crippen molar-refractivity contribution in [1.29, 1.82) is 0 Å². The Morgan fingerprint density at radius 1 is 0.897 bits per heavy atom. The van der Waals surface area contributed by atoms with Gasteiger partial charge in [-0.1, -0.05) is 83.6 Å². The van der Waals surface area contributed by atoms with Crippen LogP contribution in [0.5, 0.6) is 0 Å². The second-order valence-electron chi connectivity index (χ2n) is 18.4. The summed E-state index contributed by atoms with van der Waals surface area (Å²) in [4.78, 5) is 65.7. The maximum atomic E-state index is 14.7. The number of likely N-dealkylation sites (tertiary alicyclic amines) is 1. The average Bonchev–Trinajstić information content (AvgIpc) is 3.92. The first-order valence-electron chi connectivity index (χ1n) is 23.4. The number of β-amino-alcohol motifs (C(OH)–C–C–N with tert-alkyl or cyclic N) is 1. The van der Waals surface area contributed by atoms with Crippen LogP contribution < -0.4 is 26.7 Å². The van der Waals surface area contributed by atoms with Gasteiger partial charge in [0.15, 0.2) is 11.6 Å². The Kier molecular flexibility index (Phi) is 21.1. The van der Waals surface area contributed by atoms with Crippen molar-refractivity contribution in [1.82, 2.24) is 31.3 Å². The highest BCUT2D eigenvalue weighted by Gasteiger charge is 2.44. The number of hydrogen-bond donors (Lipinski definition) is 6. The first-order chi connectivity index (χ1) is 32.4. The van der Waals surface area contributed by atoms with E-state index >= 15 is 0 Å². The van der Waals surface area contributed by atoms with Gasteiger partial charge in [-0.25, -0.2) is 23.6 Å². The zero-order valence-corrected chi connectivity index (χ0v) is 42.5. The van der Waals surface area contributed by atoms with E-state index in [9.17, 15) is 37.5 Å². The number of anilines is 2. The highest BCUT2D eigenvalue weighted by atomic mass is 127. The normalized spacial score (nSPS) is 15.8. The summed E-state index contributed by atoms with van der Waals surface area (Å²) in [5, 5.41) is 22.4. The third kappa shape index (κ3) is 16.0. The van der Waals surface area contributed by atoms with Gasteiger partial charge in [0.25, 0.3) is 5.91 Å². The van der Waals surface area contributed by atoms with Gasteiger partial charge in [-0.2, -0.15) is 0 Å². The number of nitrogens with zero attached hydrogens (tertiary/aromatic N) is 2. The van der Waals surface area contributed by atoms with Crippen LogP contribution in [0.3, 0.4) is 0 Å². The SMILES string of the molecule is Cc1ncsc1-c1ccc([C@H](C)NC(=O)[C@@H]2C[C@@H](O)CN2C(=O)[C@@H](NC(=O)CCCCCCCCCCNCCCONC(=O)c2ccc(F)c(F)c2Nc2ccc(I)cc2F)C(C)(C)C)cc1. The van der Waals surface area contributed by atoms with Gasteiger partial charge in [0.05, 0.1) is 51.8 Å². The lowest BCUT2D eigenvalue weighted by Crippen LogP contribution is -2.57. The molecule has 1 fully saturated rings. The van der Waals surface area contributed by atoms with Crippen LogP contribution in [0, 0.1) is 33.4 Å². The van der Waals surface area contributed by atoms with Crippen molar-refractivity contribution < 1.29 is 42.3 Å². The lowest BCUT2D eigenvalue weighted by Gasteiger charge is -2.35. The van der Waals surface area contributed by atoms with Crippen molar-refractivity contribution in [2.45, 2.75) is 129 Å².